The number of nitrogens with zero attached hydrogens (tertiary/aromatic N) is 3. The first kappa shape index (κ1) is 19.1. The number of halogens is 1. The van der Waals surface area contributed by atoms with Gasteiger partial charge in [0.25, 0.3) is 0 Å². The fourth-order valence-corrected chi connectivity index (χ4v) is 2.85. The highest BCUT2D eigenvalue weighted by Crippen LogP contribution is 2.24. The van der Waals surface area contributed by atoms with Gasteiger partial charge in [-0.15, -0.1) is 0 Å². The summed E-state index contributed by atoms with van der Waals surface area (Å²) in [5.41, 5.74) is 2.80. The Morgan fingerprint density at radius 2 is 1.78 bits per heavy atom. The molecule has 0 aliphatic rings. The van der Waals surface area contributed by atoms with Crippen LogP contribution in [0.4, 0.5) is 17.5 Å². The molecule has 1 aromatic heterocycles. The van der Waals surface area contributed by atoms with Crippen LogP contribution in [0.2, 0.25) is 5.02 Å². The molecule has 3 rings (SSSR count). The number of hydrogen-bond donors (Lipinski definition) is 2. The summed E-state index contributed by atoms with van der Waals surface area (Å²) in [7, 11) is 4.14. The van der Waals surface area contributed by atoms with E-state index in [1.165, 1.54) is 0 Å². The number of aromatic nitrogens is 2. The molecule has 0 unspecified atom stereocenters. The molecule has 3 aromatic rings. The van der Waals surface area contributed by atoms with Gasteiger partial charge in [-0.2, -0.15) is 4.98 Å². The van der Waals surface area contributed by atoms with Crippen LogP contribution in [0.1, 0.15) is 6.42 Å². The highest BCUT2D eigenvalue weighted by molar-refractivity contribution is 6.30. The Hall–Kier alpha value is -2.63. The molecule has 0 atom stereocenters. The lowest BCUT2D eigenvalue weighted by atomic mass is 10.1. The van der Waals surface area contributed by atoms with Crippen molar-refractivity contribution >= 4 is 29.1 Å². The van der Waals surface area contributed by atoms with E-state index in [1.807, 2.05) is 60.7 Å². The molecule has 0 radical (unpaired) electrons. The maximum atomic E-state index is 6.09. The Morgan fingerprint density at radius 3 is 2.52 bits per heavy atom. The third-order valence-electron chi connectivity index (χ3n) is 3.96. The van der Waals surface area contributed by atoms with E-state index in [4.69, 9.17) is 11.6 Å². The van der Waals surface area contributed by atoms with Crippen molar-refractivity contribution in [2.75, 3.05) is 37.8 Å². The molecule has 0 aliphatic heterocycles. The molecule has 0 aliphatic carbocycles. The third kappa shape index (κ3) is 5.94. The van der Waals surface area contributed by atoms with Crippen molar-refractivity contribution in [1.29, 1.82) is 0 Å². The molecule has 0 saturated carbocycles. The maximum absolute atomic E-state index is 6.09. The minimum Gasteiger partial charge on any atom is -0.354 e. The standard InChI is InChI=1S/C21H24ClN5/c1-27(2)13-7-12-23-21-25-19(16-8-4-3-5-9-16)15-20(26-21)24-18-11-6-10-17(22)14-18/h3-6,8-11,14-15H,7,12-13H2,1-2H3,(H2,23,24,25,26). The van der Waals surface area contributed by atoms with Gasteiger partial charge in [-0.25, -0.2) is 4.98 Å². The van der Waals surface area contributed by atoms with E-state index >= 15 is 0 Å². The van der Waals surface area contributed by atoms with Gasteiger partial charge in [-0.05, 0) is 45.3 Å². The number of rotatable bonds is 8. The lowest BCUT2D eigenvalue weighted by molar-refractivity contribution is 0.405. The first-order valence-electron chi connectivity index (χ1n) is 8.96. The van der Waals surface area contributed by atoms with Crippen molar-refractivity contribution in [3.05, 3.63) is 65.7 Å². The zero-order chi connectivity index (χ0) is 19.1. The first-order chi connectivity index (χ1) is 13.1. The van der Waals surface area contributed by atoms with Gasteiger partial charge in [0.15, 0.2) is 0 Å². The molecular weight excluding hydrogens is 358 g/mol. The van der Waals surface area contributed by atoms with E-state index in [0.717, 1.165) is 42.3 Å². The van der Waals surface area contributed by atoms with Gasteiger partial charge in [0, 0.05) is 28.9 Å². The average molecular weight is 382 g/mol. The average Bonchev–Trinajstić information content (AvgIpc) is 2.66. The van der Waals surface area contributed by atoms with E-state index in [1.54, 1.807) is 0 Å². The second-order valence-corrected chi connectivity index (χ2v) is 6.98. The van der Waals surface area contributed by atoms with Crippen LogP contribution >= 0.6 is 11.6 Å². The Kier molecular flexibility index (Phi) is 6.63. The molecule has 0 spiro atoms. The summed E-state index contributed by atoms with van der Waals surface area (Å²) in [4.78, 5) is 11.4. The molecule has 140 valence electrons. The minimum absolute atomic E-state index is 0.611. The van der Waals surface area contributed by atoms with Crippen molar-refractivity contribution in [3.63, 3.8) is 0 Å². The van der Waals surface area contributed by atoms with Crippen LogP contribution in [0.15, 0.2) is 60.7 Å². The predicted octanol–water partition coefficient (Wildman–Crippen LogP) is 4.90. The molecule has 2 N–H and O–H groups in total. The van der Waals surface area contributed by atoms with Gasteiger partial charge >= 0.3 is 0 Å². The molecule has 27 heavy (non-hydrogen) atoms. The predicted molar refractivity (Wildman–Crippen MR) is 114 cm³/mol. The normalized spacial score (nSPS) is 10.8. The Labute approximate surface area is 165 Å². The monoisotopic (exact) mass is 381 g/mol. The fourth-order valence-electron chi connectivity index (χ4n) is 2.66. The minimum atomic E-state index is 0.611. The van der Waals surface area contributed by atoms with Gasteiger partial charge in [-0.1, -0.05) is 48.0 Å². The summed E-state index contributed by atoms with van der Waals surface area (Å²) in [6.07, 6.45) is 1.02. The second kappa shape index (κ2) is 9.35. The largest absolute Gasteiger partial charge is 0.354 e. The summed E-state index contributed by atoms with van der Waals surface area (Å²) in [6, 6.07) is 19.6. The van der Waals surface area contributed by atoms with Crippen LogP contribution in [0.5, 0.6) is 0 Å². The maximum Gasteiger partial charge on any atom is 0.225 e. The summed E-state index contributed by atoms with van der Waals surface area (Å²) in [5.74, 6) is 1.33. The van der Waals surface area contributed by atoms with Crippen LogP contribution in [0, 0.1) is 0 Å². The molecular formula is C21H24ClN5. The zero-order valence-corrected chi connectivity index (χ0v) is 16.4. The van der Waals surface area contributed by atoms with Crippen molar-refractivity contribution in [2.24, 2.45) is 0 Å². The van der Waals surface area contributed by atoms with Gasteiger partial charge in [-0.3, -0.25) is 0 Å². The number of anilines is 3. The quantitative estimate of drug-likeness (QED) is 0.543. The lowest BCUT2D eigenvalue weighted by Gasteiger charge is -2.13. The van der Waals surface area contributed by atoms with E-state index in [2.05, 4.69) is 39.6 Å². The summed E-state index contributed by atoms with van der Waals surface area (Å²) in [6.45, 7) is 1.83. The number of nitrogens with one attached hydrogen (secondary N) is 2. The van der Waals surface area contributed by atoms with Crippen molar-refractivity contribution < 1.29 is 0 Å². The van der Waals surface area contributed by atoms with Crippen molar-refractivity contribution in [2.45, 2.75) is 6.42 Å². The topological polar surface area (TPSA) is 53.1 Å². The molecule has 2 aromatic carbocycles. The van der Waals surface area contributed by atoms with Crippen LogP contribution in [0.25, 0.3) is 11.3 Å². The number of benzene rings is 2. The molecule has 0 amide bonds. The summed E-state index contributed by atoms with van der Waals surface area (Å²) < 4.78 is 0. The van der Waals surface area contributed by atoms with Crippen molar-refractivity contribution in [1.82, 2.24) is 14.9 Å². The Bertz CT molecular complexity index is 867. The van der Waals surface area contributed by atoms with E-state index in [9.17, 15) is 0 Å². The highest BCUT2D eigenvalue weighted by Gasteiger charge is 2.07. The van der Waals surface area contributed by atoms with Gasteiger partial charge < -0.3 is 15.5 Å². The van der Waals surface area contributed by atoms with Gasteiger partial charge in [0.05, 0.1) is 5.69 Å². The van der Waals surface area contributed by atoms with E-state index in [0.29, 0.717) is 11.0 Å². The highest BCUT2D eigenvalue weighted by atomic mass is 35.5. The first-order valence-corrected chi connectivity index (χ1v) is 9.33. The summed E-state index contributed by atoms with van der Waals surface area (Å²) in [5, 5.41) is 7.33. The zero-order valence-electron chi connectivity index (χ0n) is 15.6. The third-order valence-corrected chi connectivity index (χ3v) is 4.19. The van der Waals surface area contributed by atoms with E-state index in [-0.39, 0.29) is 0 Å². The van der Waals surface area contributed by atoms with Crippen LogP contribution in [-0.4, -0.2) is 42.1 Å². The molecule has 5 nitrogen and oxygen atoms in total. The molecule has 0 fully saturated rings. The van der Waals surface area contributed by atoms with Gasteiger partial charge in [0.2, 0.25) is 5.95 Å². The van der Waals surface area contributed by atoms with Gasteiger partial charge in [0.1, 0.15) is 5.82 Å². The molecule has 6 heteroatoms. The Morgan fingerprint density at radius 1 is 0.963 bits per heavy atom. The molecule has 0 bridgehead atoms. The second-order valence-electron chi connectivity index (χ2n) is 6.55. The van der Waals surface area contributed by atoms with Crippen LogP contribution in [0.3, 0.4) is 0 Å². The molecule has 1 heterocycles. The smallest absolute Gasteiger partial charge is 0.225 e. The fraction of sp³-hybridized carbons (Fsp3) is 0.238. The lowest BCUT2D eigenvalue weighted by Crippen LogP contribution is -2.17. The van der Waals surface area contributed by atoms with Crippen LogP contribution < -0.4 is 10.6 Å². The van der Waals surface area contributed by atoms with Crippen LogP contribution in [-0.2, 0) is 0 Å². The Balaban J connectivity index is 1.83. The van der Waals surface area contributed by atoms with Crippen molar-refractivity contribution in [3.8, 4) is 11.3 Å². The SMILES string of the molecule is CN(C)CCCNc1nc(Nc2cccc(Cl)c2)cc(-c2ccccc2)n1. The summed E-state index contributed by atoms with van der Waals surface area (Å²) >= 11 is 6.09. The van der Waals surface area contributed by atoms with E-state index < -0.39 is 0 Å². The number of hydrogen-bond acceptors (Lipinski definition) is 5. The molecule has 0 saturated heterocycles.